The molecule has 0 spiro atoms. The predicted octanol–water partition coefficient (Wildman–Crippen LogP) is 1.13. The number of hydrogen-bond acceptors (Lipinski definition) is 6. The molecule has 1 aliphatic rings. The monoisotopic (exact) mass is 294 g/mol. The summed E-state index contributed by atoms with van der Waals surface area (Å²) in [5.41, 5.74) is 2.48. The Morgan fingerprint density at radius 3 is 2.71 bits per heavy atom. The average molecular weight is 294 g/mol. The molecule has 0 radical (unpaired) electrons. The van der Waals surface area contributed by atoms with Crippen LogP contribution >= 0.6 is 0 Å². The highest BCUT2D eigenvalue weighted by Gasteiger charge is 2.25. The van der Waals surface area contributed by atoms with E-state index in [1.807, 2.05) is 0 Å². The molecule has 8 nitrogen and oxygen atoms in total. The molecule has 1 fully saturated rings. The highest BCUT2D eigenvalue weighted by molar-refractivity contribution is 5.95. The van der Waals surface area contributed by atoms with E-state index in [0.717, 1.165) is 12.8 Å². The van der Waals surface area contributed by atoms with Gasteiger partial charge in [-0.15, -0.1) is 0 Å². The van der Waals surface area contributed by atoms with E-state index in [0.29, 0.717) is 13.2 Å². The van der Waals surface area contributed by atoms with Gasteiger partial charge in [-0.2, -0.15) is 0 Å². The number of nitro benzene ring substituents is 1. The molecule has 2 rings (SSSR count). The van der Waals surface area contributed by atoms with Crippen molar-refractivity contribution in [3.8, 4) is 0 Å². The lowest BCUT2D eigenvalue weighted by Gasteiger charge is -2.31. The Morgan fingerprint density at radius 2 is 2.14 bits per heavy atom. The van der Waals surface area contributed by atoms with Gasteiger partial charge in [-0.3, -0.25) is 20.8 Å². The molecule has 1 saturated heterocycles. The van der Waals surface area contributed by atoms with Crippen molar-refractivity contribution in [3.63, 3.8) is 0 Å². The van der Waals surface area contributed by atoms with Gasteiger partial charge >= 0.3 is 0 Å². The molecule has 0 bridgehead atoms. The summed E-state index contributed by atoms with van der Waals surface area (Å²) in [4.78, 5) is 24.5. The standard InChI is InChI=1S/C13H18N4O4/c1-16(10-4-6-21-7-5-10)13(18)9-2-3-11(15-14)12(8-9)17(19)20/h2-3,8,10,15H,4-7,14H2,1H3. The molecule has 114 valence electrons. The highest BCUT2D eigenvalue weighted by Crippen LogP contribution is 2.26. The summed E-state index contributed by atoms with van der Waals surface area (Å²) in [6.45, 7) is 1.25. The topological polar surface area (TPSA) is 111 Å². The molecule has 1 aromatic rings. The summed E-state index contributed by atoms with van der Waals surface area (Å²) in [7, 11) is 1.71. The molecule has 0 unspecified atom stereocenters. The average Bonchev–Trinajstić information content (AvgIpc) is 2.53. The van der Waals surface area contributed by atoms with Crippen molar-refractivity contribution in [2.75, 3.05) is 25.7 Å². The Hall–Kier alpha value is -2.19. The summed E-state index contributed by atoms with van der Waals surface area (Å²) in [6.07, 6.45) is 1.54. The van der Waals surface area contributed by atoms with Gasteiger partial charge in [0, 0.05) is 37.9 Å². The number of ether oxygens (including phenoxy) is 1. The van der Waals surface area contributed by atoms with E-state index in [4.69, 9.17) is 10.6 Å². The lowest BCUT2D eigenvalue weighted by atomic mass is 10.1. The summed E-state index contributed by atoms with van der Waals surface area (Å²) < 4.78 is 5.27. The van der Waals surface area contributed by atoms with E-state index in [1.54, 1.807) is 11.9 Å². The molecular weight excluding hydrogens is 276 g/mol. The first kappa shape index (κ1) is 15.2. The smallest absolute Gasteiger partial charge is 0.294 e. The number of nitro groups is 1. The van der Waals surface area contributed by atoms with Gasteiger partial charge in [0.25, 0.3) is 11.6 Å². The minimum atomic E-state index is -0.569. The van der Waals surface area contributed by atoms with Gasteiger partial charge in [-0.1, -0.05) is 0 Å². The van der Waals surface area contributed by atoms with Crippen molar-refractivity contribution in [2.45, 2.75) is 18.9 Å². The van der Waals surface area contributed by atoms with Crippen LogP contribution in [0.2, 0.25) is 0 Å². The van der Waals surface area contributed by atoms with Crippen LogP contribution in [-0.2, 0) is 4.74 Å². The molecular formula is C13H18N4O4. The van der Waals surface area contributed by atoms with Crippen molar-refractivity contribution in [1.82, 2.24) is 4.90 Å². The first-order chi connectivity index (χ1) is 10.0. The van der Waals surface area contributed by atoms with Gasteiger partial charge in [0.1, 0.15) is 5.69 Å². The molecule has 0 saturated carbocycles. The van der Waals surface area contributed by atoms with E-state index in [2.05, 4.69) is 5.43 Å². The maximum atomic E-state index is 12.4. The minimum absolute atomic E-state index is 0.0950. The van der Waals surface area contributed by atoms with Crippen LogP contribution in [0, 0.1) is 10.1 Å². The zero-order valence-electron chi connectivity index (χ0n) is 11.7. The number of anilines is 1. The molecule has 1 heterocycles. The Bertz CT molecular complexity index is 543. The van der Waals surface area contributed by atoms with Crippen LogP contribution in [0.25, 0.3) is 0 Å². The second-order valence-corrected chi connectivity index (χ2v) is 4.89. The molecule has 1 aliphatic heterocycles. The van der Waals surface area contributed by atoms with Crippen LogP contribution in [0.4, 0.5) is 11.4 Å². The maximum Gasteiger partial charge on any atom is 0.294 e. The Labute approximate surface area is 122 Å². The third kappa shape index (κ3) is 3.29. The number of nitrogens with zero attached hydrogens (tertiary/aromatic N) is 2. The Morgan fingerprint density at radius 1 is 1.48 bits per heavy atom. The Balaban J connectivity index is 2.22. The van der Waals surface area contributed by atoms with Gasteiger partial charge in [0.2, 0.25) is 0 Å². The maximum absolute atomic E-state index is 12.4. The van der Waals surface area contributed by atoms with E-state index >= 15 is 0 Å². The fraction of sp³-hybridized carbons (Fsp3) is 0.462. The van der Waals surface area contributed by atoms with Crippen molar-refractivity contribution in [1.29, 1.82) is 0 Å². The summed E-state index contributed by atoms with van der Waals surface area (Å²) in [6, 6.07) is 4.30. The van der Waals surface area contributed by atoms with Crippen molar-refractivity contribution < 1.29 is 14.5 Å². The summed E-state index contributed by atoms with van der Waals surface area (Å²) in [5.74, 6) is 4.99. The van der Waals surface area contributed by atoms with E-state index in [1.165, 1.54) is 18.2 Å². The number of nitrogen functional groups attached to an aromatic ring is 1. The number of hydrazine groups is 1. The van der Waals surface area contributed by atoms with Crippen LogP contribution in [0.15, 0.2) is 18.2 Å². The number of nitrogens with one attached hydrogen (secondary N) is 1. The first-order valence-electron chi connectivity index (χ1n) is 6.64. The van der Waals surface area contributed by atoms with Gasteiger partial charge in [-0.25, -0.2) is 0 Å². The van der Waals surface area contributed by atoms with Crippen molar-refractivity contribution >= 4 is 17.3 Å². The third-order valence-electron chi connectivity index (χ3n) is 3.66. The SMILES string of the molecule is CN(C(=O)c1ccc(NN)c([N+](=O)[O-])c1)C1CCOCC1. The fourth-order valence-corrected chi connectivity index (χ4v) is 2.38. The van der Waals surface area contributed by atoms with E-state index in [-0.39, 0.29) is 28.9 Å². The van der Waals surface area contributed by atoms with Gasteiger partial charge in [-0.05, 0) is 25.0 Å². The molecule has 0 aromatic heterocycles. The number of amides is 1. The van der Waals surface area contributed by atoms with E-state index in [9.17, 15) is 14.9 Å². The molecule has 0 atom stereocenters. The number of hydrogen-bond donors (Lipinski definition) is 2. The second kappa shape index (κ2) is 6.51. The number of nitrogens with two attached hydrogens (primary N) is 1. The normalized spacial score (nSPS) is 15.5. The predicted molar refractivity (Wildman–Crippen MR) is 76.8 cm³/mol. The van der Waals surface area contributed by atoms with Crippen LogP contribution < -0.4 is 11.3 Å². The minimum Gasteiger partial charge on any atom is -0.381 e. The zero-order chi connectivity index (χ0) is 15.4. The van der Waals surface area contributed by atoms with Crippen LogP contribution in [0.1, 0.15) is 23.2 Å². The first-order valence-corrected chi connectivity index (χ1v) is 6.64. The number of benzene rings is 1. The fourth-order valence-electron chi connectivity index (χ4n) is 2.38. The van der Waals surface area contributed by atoms with E-state index < -0.39 is 4.92 Å². The molecule has 1 aromatic carbocycles. The van der Waals surface area contributed by atoms with Gasteiger partial charge in [0.05, 0.1) is 4.92 Å². The summed E-state index contributed by atoms with van der Waals surface area (Å²) in [5, 5.41) is 11.0. The lowest BCUT2D eigenvalue weighted by Crippen LogP contribution is -2.40. The van der Waals surface area contributed by atoms with Gasteiger partial charge < -0.3 is 15.1 Å². The third-order valence-corrected chi connectivity index (χ3v) is 3.66. The Kier molecular flexibility index (Phi) is 4.71. The van der Waals surface area contributed by atoms with Crippen molar-refractivity contribution in [2.24, 2.45) is 5.84 Å². The highest BCUT2D eigenvalue weighted by atomic mass is 16.6. The molecule has 1 amide bonds. The zero-order valence-corrected chi connectivity index (χ0v) is 11.7. The van der Waals surface area contributed by atoms with Crippen LogP contribution in [-0.4, -0.2) is 42.0 Å². The number of carbonyl (C=O) groups excluding carboxylic acids is 1. The largest absolute Gasteiger partial charge is 0.381 e. The number of rotatable bonds is 4. The lowest BCUT2D eigenvalue weighted by molar-refractivity contribution is -0.384. The molecule has 3 N–H and O–H groups in total. The summed E-state index contributed by atoms with van der Waals surface area (Å²) >= 11 is 0. The molecule has 21 heavy (non-hydrogen) atoms. The molecule has 8 heteroatoms. The molecule has 0 aliphatic carbocycles. The number of carbonyl (C=O) groups is 1. The van der Waals surface area contributed by atoms with Crippen LogP contribution in [0.5, 0.6) is 0 Å². The second-order valence-electron chi connectivity index (χ2n) is 4.89. The van der Waals surface area contributed by atoms with Crippen molar-refractivity contribution in [3.05, 3.63) is 33.9 Å². The quantitative estimate of drug-likeness (QED) is 0.489. The van der Waals surface area contributed by atoms with Crippen LogP contribution in [0.3, 0.4) is 0 Å². The van der Waals surface area contributed by atoms with Gasteiger partial charge in [0.15, 0.2) is 0 Å².